The molecule has 2 aliphatic rings. The highest BCUT2D eigenvalue weighted by molar-refractivity contribution is 8.16. The second-order valence-electron chi connectivity index (χ2n) is 9.00. The van der Waals surface area contributed by atoms with Crippen molar-refractivity contribution in [3.8, 4) is 11.6 Å². The van der Waals surface area contributed by atoms with Crippen LogP contribution >= 0.6 is 11.8 Å². The lowest BCUT2D eigenvalue weighted by molar-refractivity contribution is -0.384. The average molecular weight is 585 g/mol. The van der Waals surface area contributed by atoms with Gasteiger partial charge in [0, 0.05) is 23.1 Å². The molecular weight excluding hydrogens is 568 g/mol. The topological polar surface area (TPSA) is 211 Å². The summed E-state index contributed by atoms with van der Waals surface area (Å²) < 4.78 is 0. The maximum Gasteiger partial charge on any atom is 0.301 e. The fourth-order valence-electron chi connectivity index (χ4n) is 4.71. The Morgan fingerprint density at radius 2 is 1.67 bits per heavy atom. The summed E-state index contributed by atoms with van der Waals surface area (Å²) in [5.41, 5.74) is -0.679. The number of aromatic amines is 1. The number of para-hydroxylation sites is 3. The number of nitro groups is 1. The third kappa shape index (κ3) is 3.90. The van der Waals surface area contributed by atoms with E-state index in [0.717, 1.165) is 29.2 Å². The van der Waals surface area contributed by atoms with Gasteiger partial charge < -0.3 is 20.3 Å². The van der Waals surface area contributed by atoms with Crippen molar-refractivity contribution in [2.75, 3.05) is 4.90 Å². The second-order valence-corrected chi connectivity index (χ2v) is 10.2. The summed E-state index contributed by atoms with van der Waals surface area (Å²) in [5.74, 6) is -5.15. The number of non-ortho nitro benzene ring substituents is 1. The molecule has 2 amide bonds. The first-order valence-electron chi connectivity index (χ1n) is 12.0. The molecule has 1 saturated heterocycles. The van der Waals surface area contributed by atoms with Crippen molar-refractivity contribution in [2.45, 2.75) is 4.87 Å². The molecule has 0 radical (unpaired) electrons. The summed E-state index contributed by atoms with van der Waals surface area (Å²) in [6, 6.07) is 16.8. The molecule has 1 spiro atoms. The Morgan fingerprint density at radius 1 is 0.976 bits per heavy atom. The van der Waals surface area contributed by atoms with E-state index >= 15 is 0 Å². The number of nitro benzene ring substituents is 1. The first kappa shape index (κ1) is 26.4. The molecule has 3 aromatic carbocycles. The van der Waals surface area contributed by atoms with Crippen LogP contribution in [0.4, 0.5) is 17.1 Å². The number of aromatic nitrogens is 1. The fraction of sp³-hybridized carbons (Fsp3) is 0.0370. The molecular formula is C27H16N6O8S. The lowest BCUT2D eigenvalue weighted by Gasteiger charge is -2.31. The zero-order chi connectivity index (χ0) is 29.8. The van der Waals surface area contributed by atoms with E-state index in [1.165, 1.54) is 24.3 Å². The number of aliphatic hydroxyl groups excluding tert-OH is 1. The highest BCUT2D eigenvalue weighted by Gasteiger charge is 2.66. The van der Waals surface area contributed by atoms with E-state index in [1.54, 1.807) is 24.3 Å². The minimum atomic E-state index is -2.35. The number of phenolic OH excluding ortho intramolecular Hbond substituents is 1. The number of fused-ring (bicyclic) bond motifs is 1. The van der Waals surface area contributed by atoms with Crippen LogP contribution in [-0.2, 0) is 14.4 Å². The molecule has 2 aliphatic heterocycles. The number of carbonyl (C=O) groups excluding carboxylic acids is 3. The lowest BCUT2D eigenvalue weighted by atomic mass is 9.99. The Bertz CT molecular complexity index is 1950. The van der Waals surface area contributed by atoms with Crippen LogP contribution in [-0.4, -0.2) is 52.9 Å². The molecule has 3 heterocycles. The van der Waals surface area contributed by atoms with E-state index in [9.17, 15) is 39.8 Å². The zero-order valence-corrected chi connectivity index (χ0v) is 21.8. The van der Waals surface area contributed by atoms with E-state index in [0.29, 0.717) is 22.7 Å². The highest BCUT2D eigenvalue weighted by atomic mass is 32.2. The quantitative estimate of drug-likeness (QED) is 0.0664. The highest BCUT2D eigenvalue weighted by Crippen LogP contribution is 2.53. The van der Waals surface area contributed by atoms with Crippen LogP contribution in [0.25, 0.3) is 16.7 Å². The van der Waals surface area contributed by atoms with Crippen LogP contribution in [0, 0.1) is 10.1 Å². The summed E-state index contributed by atoms with van der Waals surface area (Å²) >= 11 is 0.515. The van der Waals surface area contributed by atoms with Crippen LogP contribution in [0.3, 0.4) is 0 Å². The van der Waals surface area contributed by atoms with Gasteiger partial charge in [-0.2, -0.15) is 4.99 Å². The van der Waals surface area contributed by atoms with Crippen LogP contribution < -0.4 is 4.90 Å². The largest absolute Gasteiger partial charge is 0.507 e. The van der Waals surface area contributed by atoms with Crippen molar-refractivity contribution in [3.05, 3.63) is 94.0 Å². The van der Waals surface area contributed by atoms with Gasteiger partial charge in [-0.05, 0) is 42.1 Å². The molecule has 1 fully saturated rings. The number of anilines is 1. The summed E-state index contributed by atoms with van der Waals surface area (Å²) in [7, 11) is 0. The van der Waals surface area contributed by atoms with E-state index in [1.807, 2.05) is 0 Å². The van der Waals surface area contributed by atoms with Gasteiger partial charge in [-0.15, -0.1) is 10.2 Å². The minimum absolute atomic E-state index is 0.0444. The van der Waals surface area contributed by atoms with Gasteiger partial charge in [-0.25, -0.2) is 0 Å². The first-order valence-corrected chi connectivity index (χ1v) is 12.8. The fourth-order valence-corrected chi connectivity index (χ4v) is 5.88. The maximum absolute atomic E-state index is 13.7. The van der Waals surface area contributed by atoms with Crippen molar-refractivity contribution >= 4 is 68.3 Å². The van der Waals surface area contributed by atoms with Gasteiger partial charge in [0.15, 0.2) is 5.69 Å². The molecule has 0 saturated carbocycles. The summed E-state index contributed by atoms with van der Waals surface area (Å²) in [4.78, 5) is 56.0. The Balaban J connectivity index is 1.50. The standard InChI is InChI=1S/C27H16N6O8S/c34-18-8-4-3-7-17(18)32-24(38)22(36)19(21(35)13-9-11-14(12-10-13)33(40)41)27(32)25(39)29-26(42-27)31-30-20-15-5-1-2-6-16(15)28-23(20)37/h1-12,28,34-35,37H/b21-19-,31-30?. The number of aliphatic hydroxyl groups is 1. The number of thioether (sulfide) groups is 1. The first-order chi connectivity index (χ1) is 20.1. The Labute approximate surface area is 238 Å². The maximum atomic E-state index is 13.7. The van der Waals surface area contributed by atoms with Crippen LogP contribution in [0.15, 0.2) is 93.6 Å². The van der Waals surface area contributed by atoms with Crippen molar-refractivity contribution in [2.24, 2.45) is 15.2 Å². The number of amides is 2. The number of nitrogens with one attached hydrogen (secondary N) is 1. The van der Waals surface area contributed by atoms with Gasteiger partial charge in [0.2, 0.25) is 15.9 Å². The number of phenols is 1. The van der Waals surface area contributed by atoms with E-state index in [4.69, 9.17) is 0 Å². The second kappa shape index (κ2) is 9.67. The molecule has 4 N–H and O–H groups in total. The molecule has 6 rings (SSSR count). The molecule has 1 atom stereocenters. The average Bonchev–Trinajstić information content (AvgIpc) is 3.55. The molecule has 4 aromatic rings. The zero-order valence-electron chi connectivity index (χ0n) is 21.0. The number of Topliss-reactive ketones (excluding diaryl/α,β-unsaturated/α-hetero) is 1. The van der Waals surface area contributed by atoms with Gasteiger partial charge in [0.05, 0.1) is 21.7 Å². The summed E-state index contributed by atoms with van der Waals surface area (Å²) in [6.45, 7) is 0. The van der Waals surface area contributed by atoms with Gasteiger partial charge >= 0.3 is 5.91 Å². The van der Waals surface area contributed by atoms with Crippen LogP contribution in [0.5, 0.6) is 11.6 Å². The van der Waals surface area contributed by atoms with Gasteiger partial charge in [0.25, 0.3) is 17.4 Å². The van der Waals surface area contributed by atoms with E-state index in [2.05, 4.69) is 20.2 Å². The molecule has 15 heteroatoms. The summed E-state index contributed by atoms with van der Waals surface area (Å²) in [6.07, 6.45) is 0. The number of aromatic hydroxyl groups is 2. The van der Waals surface area contributed by atoms with Gasteiger partial charge in [0.1, 0.15) is 11.5 Å². The predicted octanol–water partition coefficient (Wildman–Crippen LogP) is 4.48. The van der Waals surface area contributed by atoms with Crippen molar-refractivity contribution in [3.63, 3.8) is 0 Å². The molecule has 14 nitrogen and oxygen atoms in total. The van der Waals surface area contributed by atoms with Crippen molar-refractivity contribution in [1.82, 2.24) is 4.98 Å². The Hall–Kier alpha value is -5.83. The molecule has 1 aromatic heterocycles. The Morgan fingerprint density at radius 3 is 2.38 bits per heavy atom. The third-order valence-electron chi connectivity index (χ3n) is 6.61. The smallest absolute Gasteiger partial charge is 0.301 e. The molecule has 208 valence electrons. The number of rotatable bonds is 4. The number of carbonyl (C=O) groups is 3. The number of benzene rings is 3. The number of amidine groups is 1. The molecule has 0 aliphatic carbocycles. The number of aliphatic imine (C=N–C) groups is 1. The minimum Gasteiger partial charge on any atom is -0.507 e. The lowest BCUT2D eigenvalue weighted by Crippen LogP contribution is -2.48. The number of azo groups is 1. The number of hydrogen-bond acceptors (Lipinski definition) is 11. The van der Waals surface area contributed by atoms with Crippen molar-refractivity contribution in [1.29, 1.82) is 0 Å². The third-order valence-corrected chi connectivity index (χ3v) is 7.82. The molecule has 42 heavy (non-hydrogen) atoms. The van der Waals surface area contributed by atoms with Crippen LogP contribution in [0.2, 0.25) is 0 Å². The number of nitrogens with zero attached hydrogens (tertiary/aromatic N) is 5. The van der Waals surface area contributed by atoms with Crippen molar-refractivity contribution < 1.29 is 34.6 Å². The van der Waals surface area contributed by atoms with E-state index < -0.39 is 44.5 Å². The Kier molecular flexibility index (Phi) is 6.08. The normalized spacial score (nSPS) is 19.9. The number of ketones is 1. The number of hydrogen-bond donors (Lipinski definition) is 4. The van der Waals surface area contributed by atoms with Crippen LogP contribution in [0.1, 0.15) is 5.56 Å². The van der Waals surface area contributed by atoms with Gasteiger partial charge in [-0.3, -0.25) is 29.4 Å². The van der Waals surface area contributed by atoms with Gasteiger partial charge in [-0.1, -0.05) is 30.3 Å². The molecule has 0 bridgehead atoms. The molecule has 1 unspecified atom stereocenters. The number of H-pyrrole nitrogens is 1. The summed E-state index contributed by atoms with van der Waals surface area (Å²) in [5, 5.41) is 51.5. The van der Waals surface area contributed by atoms with E-state index in [-0.39, 0.29) is 33.7 Å². The SMILES string of the molecule is O=C1C(=O)N(c2ccccc2O)C2(SC(N=Nc3c(O)[nH]c4ccccc34)=NC2=O)/C1=C(\O)c1ccc([N+](=O)[O-])cc1. The monoisotopic (exact) mass is 584 g/mol. The predicted molar refractivity (Wildman–Crippen MR) is 150 cm³/mol.